The van der Waals surface area contributed by atoms with Crippen molar-refractivity contribution in [3.63, 3.8) is 0 Å². The Balaban J connectivity index is 1.78. The zero-order valence-electron chi connectivity index (χ0n) is 15.3. The van der Waals surface area contributed by atoms with Gasteiger partial charge >= 0.3 is 0 Å². The van der Waals surface area contributed by atoms with E-state index in [1.165, 1.54) is 11.8 Å². The molecule has 0 saturated carbocycles. The van der Waals surface area contributed by atoms with Crippen LogP contribution in [0.15, 0.2) is 59.9 Å². The molecule has 0 spiro atoms. The third-order valence-corrected chi connectivity index (χ3v) is 4.62. The largest absolute Gasteiger partial charge is 0.472 e. The molecule has 0 unspecified atom stereocenters. The Morgan fingerprint density at radius 1 is 1.14 bits per heavy atom. The van der Waals surface area contributed by atoms with Crippen molar-refractivity contribution in [2.75, 3.05) is 6.26 Å². The van der Waals surface area contributed by atoms with Gasteiger partial charge in [-0.1, -0.05) is 48.2 Å². The Hall–Kier alpha value is -3.37. The van der Waals surface area contributed by atoms with Crippen molar-refractivity contribution in [1.82, 2.24) is 9.97 Å². The molecule has 0 bridgehead atoms. The van der Waals surface area contributed by atoms with E-state index in [0.29, 0.717) is 35.3 Å². The normalized spacial score (nSPS) is 10.3. The molecular formula is C21H18N4O2S. The Morgan fingerprint density at radius 2 is 1.82 bits per heavy atom. The van der Waals surface area contributed by atoms with E-state index < -0.39 is 5.91 Å². The van der Waals surface area contributed by atoms with Gasteiger partial charge in [-0.15, -0.1) is 0 Å². The first-order valence-electron chi connectivity index (χ1n) is 8.47. The number of carbonyl (C=O) groups excluding carboxylic acids is 1. The summed E-state index contributed by atoms with van der Waals surface area (Å²) < 4.78 is 5.96. The molecule has 6 nitrogen and oxygen atoms in total. The fraction of sp³-hybridized carbons (Fsp3) is 0.143. The highest BCUT2D eigenvalue weighted by Gasteiger charge is 2.11. The van der Waals surface area contributed by atoms with Crippen LogP contribution < -0.4 is 10.5 Å². The fourth-order valence-corrected chi connectivity index (χ4v) is 2.88. The summed E-state index contributed by atoms with van der Waals surface area (Å²) in [5.41, 5.74) is 9.15. The molecule has 0 saturated heterocycles. The molecule has 3 aromatic rings. The van der Waals surface area contributed by atoms with Gasteiger partial charge in [0.1, 0.15) is 6.61 Å². The minimum absolute atomic E-state index is 0.344. The van der Waals surface area contributed by atoms with Crippen LogP contribution in [-0.2, 0) is 13.0 Å². The summed E-state index contributed by atoms with van der Waals surface area (Å²) in [6, 6.07) is 14.4. The molecule has 0 aliphatic carbocycles. The Morgan fingerprint density at radius 3 is 2.43 bits per heavy atom. The molecular weight excluding hydrogens is 372 g/mol. The number of rotatable bonds is 7. The highest BCUT2D eigenvalue weighted by molar-refractivity contribution is 7.98. The van der Waals surface area contributed by atoms with Crippen molar-refractivity contribution < 1.29 is 9.53 Å². The lowest BCUT2D eigenvalue weighted by Crippen LogP contribution is -2.10. The van der Waals surface area contributed by atoms with Gasteiger partial charge in [0, 0.05) is 23.7 Å². The summed E-state index contributed by atoms with van der Waals surface area (Å²) in [6.07, 6.45) is 4.24. The Bertz CT molecular complexity index is 1010. The maximum atomic E-state index is 11.2. The minimum Gasteiger partial charge on any atom is -0.472 e. The molecule has 1 aromatic heterocycles. The average Bonchev–Trinajstić information content (AvgIpc) is 2.73. The first-order chi connectivity index (χ1) is 13.6. The maximum absolute atomic E-state index is 11.2. The molecule has 28 heavy (non-hydrogen) atoms. The number of thioether (sulfide) groups is 1. The van der Waals surface area contributed by atoms with E-state index in [1.54, 1.807) is 30.5 Å². The first-order valence-corrected chi connectivity index (χ1v) is 9.69. The van der Waals surface area contributed by atoms with E-state index in [2.05, 4.69) is 14.8 Å². The van der Waals surface area contributed by atoms with Crippen LogP contribution >= 0.6 is 11.8 Å². The third-order valence-electron chi connectivity index (χ3n) is 4.06. The van der Waals surface area contributed by atoms with Gasteiger partial charge in [-0.25, -0.2) is 9.83 Å². The highest BCUT2D eigenvalue weighted by atomic mass is 32.2. The zero-order valence-corrected chi connectivity index (χ0v) is 16.1. The molecule has 7 heteroatoms. The van der Waals surface area contributed by atoms with Crippen molar-refractivity contribution in [3.8, 4) is 5.88 Å². The van der Waals surface area contributed by atoms with E-state index >= 15 is 0 Å². The standard InChI is InChI=1S/C21H18N4O2S/c1-23-18-9-5-15(6-10-18)13-27-20-17(12-24-21(25-20)28-2)11-14-3-7-16(8-4-14)19(22)26/h3-10,12H,11,13H2,2H3,(H2,22,26). The molecule has 2 aromatic carbocycles. The summed E-state index contributed by atoms with van der Waals surface area (Å²) in [6.45, 7) is 7.36. The highest BCUT2D eigenvalue weighted by Crippen LogP contribution is 2.23. The maximum Gasteiger partial charge on any atom is 0.248 e. The minimum atomic E-state index is -0.451. The van der Waals surface area contributed by atoms with Gasteiger partial charge < -0.3 is 10.5 Å². The SMILES string of the molecule is [C-]#[N+]c1ccc(COc2nc(SC)ncc2Cc2ccc(C(N)=O)cc2)cc1. The number of ether oxygens (including phenoxy) is 1. The number of hydrogen-bond acceptors (Lipinski definition) is 5. The molecule has 0 atom stereocenters. The number of primary amides is 1. The van der Waals surface area contributed by atoms with Gasteiger partial charge in [0.2, 0.25) is 11.8 Å². The van der Waals surface area contributed by atoms with Crippen LogP contribution in [0.2, 0.25) is 0 Å². The predicted octanol–water partition coefficient (Wildman–Crippen LogP) is 4.02. The molecule has 0 aliphatic heterocycles. The monoisotopic (exact) mass is 390 g/mol. The molecule has 3 rings (SSSR count). The van der Waals surface area contributed by atoms with Gasteiger partial charge in [0.25, 0.3) is 0 Å². The van der Waals surface area contributed by atoms with Crippen molar-refractivity contribution in [1.29, 1.82) is 0 Å². The fourth-order valence-electron chi connectivity index (χ4n) is 2.55. The van der Waals surface area contributed by atoms with Crippen LogP contribution in [0, 0.1) is 6.57 Å². The second kappa shape index (κ2) is 9.02. The molecule has 0 fully saturated rings. The van der Waals surface area contributed by atoms with Crippen LogP contribution in [0.3, 0.4) is 0 Å². The number of amides is 1. The van der Waals surface area contributed by atoms with Crippen molar-refractivity contribution in [3.05, 3.63) is 88.4 Å². The second-order valence-electron chi connectivity index (χ2n) is 5.99. The molecule has 0 radical (unpaired) electrons. The van der Waals surface area contributed by atoms with Crippen molar-refractivity contribution >= 4 is 23.4 Å². The van der Waals surface area contributed by atoms with E-state index in [-0.39, 0.29) is 0 Å². The van der Waals surface area contributed by atoms with Gasteiger partial charge in [0.15, 0.2) is 10.8 Å². The summed E-state index contributed by atoms with van der Waals surface area (Å²) in [7, 11) is 0. The molecule has 1 heterocycles. The van der Waals surface area contributed by atoms with Crippen molar-refractivity contribution in [2.45, 2.75) is 18.2 Å². The molecule has 1 amide bonds. The zero-order chi connectivity index (χ0) is 19.9. The third kappa shape index (κ3) is 4.87. The number of hydrogen-bond donors (Lipinski definition) is 1. The number of nitrogens with two attached hydrogens (primary N) is 1. The van der Waals surface area contributed by atoms with E-state index in [9.17, 15) is 4.79 Å². The molecule has 0 aliphatic rings. The van der Waals surface area contributed by atoms with E-state index in [1.807, 2.05) is 30.5 Å². The summed E-state index contributed by atoms with van der Waals surface area (Å²) >= 11 is 1.44. The van der Waals surface area contributed by atoms with Gasteiger partial charge in [-0.2, -0.15) is 4.98 Å². The topological polar surface area (TPSA) is 82.5 Å². The van der Waals surface area contributed by atoms with Gasteiger partial charge in [-0.3, -0.25) is 4.79 Å². The molecule has 140 valence electrons. The van der Waals surface area contributed by atoms with Crippen LogP contribution in [0.1, 0.15) is 27.0 Å². The predicted molar refractivity (Wildman–Crippen MR) is 109 cm³/mol. The smallest absolute Gasteiger partial charge is 0.248 e. The number of nitrogens with zero attached hydrogens (tertiary/aromatic N) is 3. The molecule has 2 N–H and O–H groups in total. The van der Waals surface area contributed by atoms with Crippen LogP contribution in [0.4, 0.5) is 5.69 Å². The summed E-state index contributed by atoms with van der Waals surface area (Å²) in [5.74, 6) is 0.0695. The Kier molecular flexibility index (Phi) is 6.25. The van der Waals surface area contributed by atoms with Crippen molar-refractivity contribution in [2.24, 2.45) is 5.73 Å². The van der Waals surface area contributed by atoms with E-state index in [4.69, 9.17) is 17.0 Å². The average molecular weight is 390 g/mol. The lowest BCUT2D eigenvalue weighted by Gasteiger charge is -2.12. The van der Waals surface area contributed by atoms with Crippen LogP contribution in [0.25, 0.3) is 4.85 Å². The van der Waals surface area contributed by atoms with Crippen LogP contribution in [-0.4, -0.2) is 22.1 Å². The van der Waals surface area contributed by atoms with E-state index in [0.717, 1.165) is 16.7 Å². The first kappa shape index (κ1) is 19.4. The second-order valence-corrected chi connectivity index (χ2v) is 6.77. The number of carbonyl (C=O) groups is 1. The quantitative estimate of drug-likeness (QED) is 0.374. The lowest BCUT2D eigenvalue weighted by molar-refractivity contribution is 0.100. The Labute approximate surface area is 167 Å². The number of benzene rings is 2. The number of aromatic nitrogens is 2. The van der Waals surface area contributed by atoms with Crippen LogP contribution in [0.5, 0.6) is 5.88 Å². The van der Waals surface area contributed by atoms with Gasteiger partial charge in [0.05, 0.1) is 6.57 Å². The van der Waals surface area contributed by atoms with Gasteiger partial charge in [-0.05, 0) is 29.5 Å². The summed E-state index contributed by atoms with van der Waals surface area (Å²) in [4.78, 5) is 23.4. The lowest BCUT2D eigenvalue weighted by atomic mass is 10.1. The summed E-state index contributed by atoms with van der Waals surface area (Å²) in [5, 5.41) is 0.631.